The number of hydrogen-bond acceptors (Lipinski definition) is 4. The maximum atomic E-state index is 13.8. The first-order valence-corrected chi connectivity index (χ1v) is 12.8. The predicted octanol–water partition coefficient (Wildman–Crippen LogP) is 6.92. The van der Waals surface area contributed by atoms with Gasteiger partial charge in [0.2, 0.25) is 0 Å². The van der Waals surface area contributed by atoms with E-state index in [1.165, 1.54) is 12.1 Å². The maximum absolute atomic E-state index is 13.8. The number of fused-ring (bicyclic) bond motifs is 1. The number of aromatic carboxylic acids is 1. The van der Waals surface area contributed by atoms with Gasteiger partial charge in [0, 0.05) is 10.1 Å². The third kappa shape index (κ3) is 4.78. The number of carboxylic acid groups (broad SMARTS) is 1. The van der Waals surface area contributed by atoms with E-state index in [1.807, 2.05) is 0 Å². The zero-order valence-electron chi connectivity index (χ0n) is 17.4. The molecule has 0 aliphatic heterocycles. The quantitative estimate of drug-likeness (QED) is 0.249. The minimum atomic E-state index is -4.99. The number of rotatable bonds is 6. The molecule has 0 bridgehead atoms. The van der Waals surface area contributed by atoms with Crippen LogP contribution < -0.4 is 4.31 Å². The smallest absolute Gasteiger partial charge is 0.419 e. The molecule has 0 atom stereocenters. The summed E-state index contributed by atoms with van der Waals surface area (Å²) in [6, 6.07) is 14.1. The van der Waals surface area contributed by atoms with Gasteiger partial charge in [0.1, 0.15) is 15.7 Å². The number of benzene rings is 3. The summed E-state index contributed by atoms with van der Waals surface area (Å²) in [5.41, 5.74) is -2.17. The van der Waals surface area contributed by atoms with Gasteiger partial charge in [-0.3, -0.25) is 4.31 Å². The number of anilines is 1. The number of halogens is 5. The lowest BCUT2D eigenvalue weighted by atomic mass is 10.1. The maximum Gasteiger partial charge on any atom is 0.419 e. The predicted molar refractivity (Wildman–Crippen MR) is 128 cm³/mol. The van der Waals surface area contributed by atoms with Crippen LogP contribution in [0.1, 0.15) is 21.5 Å². The van der Waals surface area contributed by atoms with Gasteiger partial charge in [-0.05, 0) is 51.8 Å². The Bertz CT molecular complexity index is 1550. The molecule has 0 spiro atoms. The SMILES string of the molecule is O=C(O)c1ccccc1S(=O)(=O)N(Cc1ccc(F)c(C(F)(F)F)c1)c1sc2ccccc2c1Br. The highest BCUT2D eigenvalue weighted by molar-refractivity contribution is 9.10. The minimum absolute atomic E-state index is 0.129. The zero-order chi connectivity index (χ0) is 25.5. The molecule has 1 aromatic heterocycles. The van der Waals surface area contributed by atoms with E-state index in [9.17, 15) is 35.9 Å². The van der Waals surface area contributed by atoms with Gasteiger partial charge in [0.25, 0.3) is 10.0 Å². The molecule has 12 heteroatoms. The number of nitrogens with zero attached hydrogens (tertiary/aromatic N) is 1. The normalized spacial score (nSPS) is 12.1. The number of carbonyl (C=O) groups is 1. The molecule has 1 heterocycles. The highest BCUT2D eigenvalue weighted by Crippen LogP contribution is 2.45. The molecule has 0 aliphatic rings. The Morgan fingerprint density at radius 2 is 1.69 bits per heavy atom. The number of hydrogen-bond donors (Lipinski definition) is 1. The van der Waals surface area contributed by atoms with Crippen molar-refractivity contribution in [3.05, 3.63) is 93.7 Å². The van der Waals surface area contributed by atoms with Gasteiger partial charge in [-0.2, -0.15) is 13.2 Å². The van der Waals surface area contributed by atoms with Crippen molar-refractivity contribution in [3.63, 3.8) is 0 Å². The molecular formula is C23H14BrF4NO4S2. The van der Waals surface area contributed by atoms with Crippen molar-refractivity contribution >= 4 is 58.3 Å². The second kappa shape index (κ2) is 9.25. The van der Waals surface area contributed by atoms with E-state index in [-0.39, 0.29) is 10.6 Å². The second-order valence-corrected chi connectivity index (χ2v) is 11.0. The fourth-order valence-corrected chi connectivity index (χ4v) is 7.48. The summed E-state index contributed by atoms with van der Waals surface area (Å²) in [5, 5.41) is 10.3. The Balaban J connectivity index is 1.94. The highest BCUT2D eigenvalue weighted by atomic mass is 79.9. The summed E-state index contributed by atoms with van der Waals surface area (Å²) in [5.74, 6) is -2.98. The lowest BCUT2D eigenvalue weighted by Gasteiger charge is -2.25. The van der Waals surface area contributed by atoms with Crippen molar-refractivity contribution in [2.45, 2.75) is 17.6 Å². The molecule has 182 valence electrons. The van der Waals surface area contributed by atoms with Crippen molar-refractivity contribution in [3.8, 4) is 0 Å². The summed E-state index contributed by atoms with van der Waals surface area (Å²) in [4.78, 5) is 11.2. The Kier molecular flexibility index (Phi) is 6.64. The number of carboxylic acids is 1. The van der Waals surface area contributed by atoms with E-state index in [0.29, 0.717) is 26.7 Å². The monoisotopic (exact) mass is 587 g/mol. The summed E-state index contributed by atoms with van der Waals surface area (Å²) in [6.45, 7) is -0.606. The van der Waals surface area contributed by atoms with Crippen LogP contribution in [0.3, 0.4) is 0 Å². The van der Waals surface area contributed by atoms with E-state index < -0.39 is 50.6 Å². The van der Waals surface area contributed by atoms with Crippen molar-refractivity contribution in [2.24, 2.45) is 0 Å². The minimum Gasteiger partial charge on any atom is -0.478 e. The van der Waals surface area contributed by atoms with Crippen molar-refractivity contribution in [1.29, 1.82) is 0 Å². The summed E-state index contributed by atoms with van der Waals surface area (Å²) < 4.78 is 83.2. The molecule has 3 aromatic carbocycles. The number of alkyl halides is 3. The van der Waals surface area contributed by atoms with E-state index >= 15 is 0 Å². The van der Waals surface area contributed by atoms with Crippen LogP contribution in [0, 0.1) is 5.82 Å². The van der Waals surface area contributed by atoms with E-state index in [1.54, 1.807) is 24.3 Å². The molecule has 35 heavy (non-hydrogen) atoms. The van der Waals surface area contributed by atoms with Crippen molar-refractivity contribution in [1.82, 2.24) is 0 Å². The average Bonchev–Trinajstić information content (AvgIpc) is 3.13. The van der Waals surface area contributed by atoms with Crippen molar-refractivity contribution in [2.75, 3.05) is 4.31 Å². The van der Waals surface area contributed by atoms with E-state index in [4.69, 9.17) is 0 Å². The summed E-state index contributed by atoms with van der Waals surface area (Å²) in [6.07, 6.45) is -4.99. The lowest BCUT2D eigenvalue weighted by Crippen LogP contribution is -2.31. The Hall–Kier alpha value is -2.96. The molecule has 0 amide bonds. The Labute approximate surface area is 209 Å². The molecule has 0 saturated carbocycles. The molecule has 4 rings (SSSR count). The topological polar surface area (TPSA) is 74.7 Å². The van der Waals surface area contributed by atoms with Gasteiger partial charge in [-0.15, -0.1) is 11.3 Å². The molecule has 0 aliphatic carbocycles. The first-order chi connectivity index (χ1) is 16.4. The highest BCUT2D eigenvalue weighted by Gasteiger charge is 2.36. The fourth-order valence-electron chi connectivity index (χ4n) is 3.47. The van der Waals surface area contributed by atoms with E-state index in [2.05, 4.69) is 15.9 Å². The first kappa shape index (κ1) is 25.1. The van der Waals surface area contributed by atoms with Crippen LogP contribution in [0.4, 0.5) is 22.6 Å². The van der Waals surface area contributed by atoms with Gasteiger partial charge in [-0.1, -0.05) is 36.4 Å². The fraction of sp³-hybridized carbons (Fsp3) is 0.0870. The summed E-state index contributed by atoms with van der Waals surface area (Å²) in [7, 11) is -4.60. The second-order valence-electron chi connectivity index (χ2n) is 7.34. The number of thiophene rings is 1. The summed E-state index contributed by atoms with van der Waals surface area (Å²) >= 11 is 4.44. The van der Waals surface area contributed by atoms with Crippen molar-refractivity contribution < 1.29 is 35.9 Å². The Morgan fingerprint density at radius 3 is 2.34 bits per heavy atom. The molecule has 5 nitrogen and oxygen atoms in total. The first-order valence-electron chi connectivity index (χ1n) is 9.79. The largest absolute Gasteiger partial charge is 0.478 e. The van der Waals surface area contributed by atoms with Crippen LogP contribution in [0.25, 0.3) is 10.1 Å². The van der Waals surface area contributed by atoms with Crippen LogP contribution in [0.5, 0.6) is 0 Å². The molecular weight excluding hydrogens is 574 g/mol. The van der Waals surface area contributed by atoms with Crippen LogP contribution in [0.2, 0.25) is 0 Å². The van der Waals surface area contributed by atoms with Crippen LogP contribution in [-0.2, 0) is 22.7 Å². The van der Waals surface area contributed by atoms with Crippen LogP contribution >= 0.6 is 27.3 Å². The van der Waals surface area contributed by atoms with Crippen LogP contribution in [0.15, 0.2) is 76.1 Å². The van der Waals surface area contributed by atoms with Gasteiger partial charge in [0.15, 0.2) is 0 Å². The number of sulfonamides is 1. The third-order valence-corrected chi connectivity index (χ3v) is 9.27. The molecule has 0 saturated heterocycles. The molecule has 0 unspecified atom stereocenters. The van der Waals surface area contributed by atoms with E-state index in [0.717, 1.165) is 33.8 Å². The third-order valence-electron chi connectivity index (χ3n) is 5.09. The van der Waals surface area contributed by atoms with Gasteiger partial charge in [0.05, 0.1) is 22.1 Å². The lowest BCUT2D eigenvalue weighted by molar-refractivity contribution is -0.140. The zero-order valence-corrected chi connectivity index (χ0v) is 20.6. The molecule has 0 fully saturated rings. The Morgan fingerprint density at radius 1 is 1.03 bits per heavy atom. The standard InChI is InChI=1S/C23H14BrF4NO4S2/c24-20-14-5-1-3-7-18(14)34-21(20)29(12-13-9-10-17(25)16(11-13)23(26,27)28)35(32,33)19-8-4-2-6-15(19)22(30)31/h1-11H,12H2,(H,30,31). The average molecular weight is 588 g/mol. The molecule has 4 aromatic rings. The molecule has 0 radical (unpaired) electrons. The van der Waals surface area contributed by atoms with Gasteiger partial charge in [-0.25, -0.2) is 17.6 Å². The van der Waals surface area contributed by atoms with Gasteiger partial charge >= 0.3 is 12.1 Å². The molecule has 1 N–H and O–H groups in total. The van der Waals surface area contributed by atoms with Crippen LogP contribution in [-0.4, -0.2) is 19.5 Å². The van der Waals surface area contributed by atoms with Gasteiger partial charge < -0.3 is 5.11 Å².